The van der Waals surface area contributed by atoms with Crippen LogP contribution < -0.4 is 5.32 Å². The van der Waals surface area contributed by atoms with Gasteiger partial charge < -0.3 is 5.32 Å². The van der Waals surface area contributed by atoms with Crippen molar-refractivity contribution in [2.75, 3.05) is 13.1 Å². The maximum atomic E-state index is 13.2. The highest BCUT2D eigenvalue weighted by Crippen LogP contribution is 2.24. The molecule has 0 atom stereocenters. The zero-order chi connectivity index (χ0) is 20.9. The van der Waals surface area contributed by atoms with Crippen molar-refractivity contribution in [2.45, 2.75) is 38.8 Å². The van der Waals surface area contributed by atoms with Gasteiger partial charge in [0.05, 0.1) is 12.1 Å². The van der Waals surface area contributed by atoms with Gasteiger partial charge in [-0.1, -0.05) is 30.3 Å². The molecular weight excluding hydrogens is 379 g/mol. The third kappa shape index (κ3) is 4.94. The zero-order valence-corrected chi connectivity index (χ0v) is 17.2. The van der Waals surface area contributed by atoms with Crippen LogP contribution >= 0.6 is 0 Å². The Kier molecular flexibility index (Phi) is 6.23. The fourth-order valence-corrected chi connectivity index (χ4v) is 4.03. The number of aromatic amines is 1. The van der Waals surface area contributed by atoms with Crippen LogP contribution in [0.3, 0.4) is 0 Å². The Labute approximate surface area is 176 Å². The number of piperidine rings is 1. The lowest BCUT2D eigenvalue weighted by molar-refractivity contribution is -0.121. The average Bonchev–Trinajstić information content (AvgIpc) is 3.11. The summed E-state index contributed by atoms with van der Waals surface area (Å²) in [5.74, 6) is -0.284. The van der Waals surface area contributed by atoms with Crippen LogP contribution in [0.25, 0.3) is 11.3 Å². The van der Waals surface area contributed by atoms with Crippen LogP contribution in [0.1, 0.15) is 29.7 Å². The van der Waals surface area contributed by atoms with Gasteiger partial charge in [-0.3, -0.25) is 14.8 Å². The number of aromatic nitrogens is 2. The lowest BCUT2D eigenvalue weighted by Crippen LogP contribution is -2.44. The van der Waals surface area contributed by atoms with Crippen LogP contribution in [0.5, 0.6) is 0 Å². The number of H-pyrrole nitrogens is 1. The molecule has 2 heterocycles. The van der Waals surface area contributed by atoms with Gasteiger partial charge in [-0.25, -0.2) is 4.39 Å². The number of nitrogens with zero attached hydrogens (tertiary/aromatic N) is 2. The van der Waals surface area contributed by atoms with Crippen molar-refractivity contribution >= 4 is 5.91 Å². The molecule has 0 radical (unpaired) electrons. The molecule has 3 aromatic rings. The molecule has 4 rings (SSSR count). The number of hydrogen-bond acceptors (Lipinski definition) is 3. The first-order valence-electron chi connectivity index (χ1n) is 10.4. The van der Waals surface area contributed by atoms with Gasteiger partial charge in [0.15, 0.2) is 0 Å². The molecule has 0 bridgehead atoms. The van der Waals surface area contributed by atoms with Crippen LogP contribution in [-0.4, -0.2) is 40.1 Å². The summed E-state index contributed by atoms with van der Waals surface area (Å²) >= 11 is 0. The predicted octanol–water partition coefficient (Wildman–Crippen LogP) is 3.85. The van der Waals surface area contributed by atoms with E-state index in [1.54, 1.807) is 12.1 Å². The fourth-order valence-electron chi connectivity index (χ4n) is 4.03. The van der Waals surface area contributed by atoms with E-state index in [9.17, 15) is 9.18 Å². The molecule has 1 amide bonds. The van der Waals surface area contributed by atoms with Gasteiger partial charge in [-0.05, 0) is 49.6 Å². The topological polar surface area (TPSA) is 61.0 Å². The first-order valence-corrected chi connectivity index (χ1v) is 10.4. The van der Waals surface area contributed by atoms with Crippen LogP contribution in [0.4, 0.5) is 4.39 Å². The van der Waals surface area contributed by atoms with Crippen molar-refractivity contribution in [1.29, 1.82) is 0 Å². The Morgan fingerprint density at radius 1 is 1.13 bits per heavy atom. The monoisotopic (exact) mass is 406 g/mol. The summed E-state index contributed by atoms with van der Waals surface area (Å²) < 4.78 is 13.2. The van der Waals surface area contributed by atoms with Crippen LogP contribution in [0.2, 0.25) is 0 Å². The smallest absolute Gasteiger partial charge is 0.224 e. The zero-order valence-electron chi connectivity index (χ0n) is 17.2. The lowest BCUT2D eigenvalue weighted by Gasteiger charge is -2.32. The maximum Gasteiger partial charge on any atom is 0.224 e. The largest absolute Gasteiger partial charge is 0.353 e. The minimum absolute atomic E-state index is 0.00405. The van der Waals surface area contributed by atoms with Gasteiger partial charge in [-0.15, -0.1) is 0 Å². The Morgan fingerprint density at radius 2 is 1.83 bits per heavy atom. The Hall–Kier alpha value is -2.99. The molecule has 2 aromatic carbocycles. The molecule has 1 aliphatic rings. The van der Waals surface area contributed by atoms with Crippen LogP contribution in [0, 0.1) is 12.7 Å². The second-order valence-electron chi connectivity index (χ2n) is 7.96. The Balaban J connectivity index is 1.32. The molecule has 30 heavy (non-hydrogen) atoms. The summed E-state index contributed by atoms with van der Waals surface area (Å²) in [5, 5.41) is 10.5. The second-order valence-corrected chi connectivity index (χ2v) is 7.96. The van der Waals surface area contributed by atoms with Gasteiger partial charge in [-0.2, -0.15) is 5.10 Å². The summed E-state index contributed by atoms with van der Waals surface area (Å²) in [7, 11) is 0. The highest BCUT2D eigenvalue weighted by molar-refractivity contribution is 5.81. The summed E-state index contributed by atoms with van der Waals surface area (Å²) in [6.45, 7) is 4.82. The number of carbonyl (C=O) groups is 1. The number of carbonyl (C=O) groups excluding carboxylic acids is 1. The number of nitrogens with one attached hydrogen (secondary N) is 2. The number of likely N-dealkylation sites (tertiary alicyclic amines) is 1. The third-order valence-electron chi connectivity index (χ3n) is 5.73. The van der Waals surface area contributed by atoms with E-state index >= 15 is 0 Å². The van der Waals surface area contributed by atoms with E-state index in [2.05, 4.69) is 44.7 Å². The summed E-state index contributed by atoms with van der Waals surface area (Å²) in [5.41, 5.74) is 4.56. The van der Waals surface area contributed by atoms with E-state index in [1.165, 1.54) is 17.7 Å². The summed E-state index contributed by atoms with van der Waals surface area (Å²) in [6.07, 6.45) is 2.17. The van der Waals surface area contributed by atoms with E-state index in [4.69, 9.17) is 0 Å². The van der Waals surface area contributed by atoms with Crippen molar-refractivity contribution in [2.24, 2.45) is 0 Å². The van der Waals surface area contributed by atoms with Crippen molar-refractivity contribution in [3.63, 3.8) is 0 Å². The van der Waals surface area contributed by atoms with E-state index in [1.807, 2.05) is 13.0 Å². The first-order chi connectivity index (χ1) is 14.6. The molecule has 0 spiro atoms. The molecule has 0 aliphatic carbocycles. The molecule has 2 N–H and O–H groups in total. The highest BCUT2D eigenvalue weighted by atomic mass is 19.1. The van der Waals surface area contributed by atoms with E-state index in [0.717, 1.165) is 49.3 Å². The molecule has 1 fully saturated rings. The molecular formula is C24H27FN4O. The number of amides is 1. The third-order valence-corrected chi connectivity index (χ3v) is 5.73. The molecule has 0 saturated carbocycles. The van der Waals surface area contributed by atoms with Crippen molar-refractivity contribution < 1.29 is 9.18 Å². The first kappa shape index (κ1) is 20.3. The van der Waals surface area contributed by atoms with Gasteiger partial charge in [0.25, 0.3) is 0 Å². The number of rotatable bonds is 6. The summed E-state index contributed by atoms with van der Waals surface area (Å²) in [6, 6.07) is 16.9. The fraction of sp³-hybridized carbons (Fsp3) is 0.333. The van der Waals surface area contributed by atoms with E-state index in [0.29, 0.717) is 5.69 Å². The number of aryl methyl sites for hydroxylation is 1. The van der Waals surface area contributed by atoms with Gasteiger partial charge >= 0.3 is 0 Å². The van der Waals surface area contributed by atoms with Gasteiger partial charge in [0, 0.05) is 42.5 Å². The molecule has 6 heteroatoms. The minimum Gasteiger partial charge on any atom is -0.353 e. The second kappa shape index (κ2) is 9.22. The Morgan fingerprint density at radius 3 is 2.53 bits per heavy atom. The summed E-state index contributed by atoms with van der Waals surface area (Å²) in [4.78, 5) is 15.2. The molecule has 156 valence electrons. The van der Waals surface area contributed by atoms with E-state index < -0.39 is 0 Å². The molecule has 1 aromatic heterocycles. The normalized spacial score (nSPS) is 15.3. The SMILES string of the molecule is Cc1[nH]nc(-c2ccc(F)cc2)c1CC(=O)NC1CCN(Cc2ccccc2)CC1. The number of halogens is 1. The molecule has 5 nitrogen and oxygen atoms in total. The predicted molar refractivity (Wildman–Crippen MR) is 115 cm³/mol. The van der Waals surface area contributed by atoms with Crippen molar-refractivity contribution in [3.05, 3.63) is 77.2 Å². The maximum absolute atomic E-state index is 13.2. The molecule has 0 unspecified atom stereocenters. The van der Waals surface area contributed by atoms with E-state index in [-0.39, 0.29) is 24.2 Å². The number of benzene rings is 2. The van der Waals surface area contributed by atoms with Crippen LogP contribution in [0.15, 0.2) is 54.6 Å². The van der Waals surface area contributed by atoms with Gasteiger partial charge in [0.2, 0.25) is 5.91 Å². The van der Waals surface area contributed by atoms with Crippen molar-refractivity contribution in [1.82, 2.24) is 20.4 Å². The lowest BCUT2D eigenvalue weighted by atomic mass is 10.0. The number of hydrogen-bond donors (Lipinski definition) is 2. The van der Waals surface area contributed by atoms with Gasteiger partial charge in [0.1, 0.15) is 5.82 Å². The quantitative estimate of drug-likeness (QED) is 0.654. The average molecular weight is 407 g/mol. The van der Waals surface area contributed by atoms with Crippen LogP contribution in [-0.2, 0) is 17.8 Å². The molecule has 1 aliphatic heterocycles. The standard InChI is InChI=1S/C24H27FN4O/c1-17-22(24(28-27-17)19-7-9-20(25)10-8-19)15-23(30)26-21-11-13-29(14-12-21)16-18-5-3-2-4-6-18/h2-10,21H,11-16H2,1H3,(H,26,30)(H,27,28). The highest BCUT2D eigenvalue weighted by Gasteiger charge is 2.22. The van der Waals surface area contributed by atoms with Crippen molar-refractivity contribution in [3.8, 4) is 11.3 Å². The molecule has 1 saturated heterocycles. The minimum atomic E-state index is -0.288. The Bertz CT molecular complexity index is 976.